The summed E-state index contributed by atoms with van der Waals surface area (Å²) in [5.74, 6) is 1.37. The molecule has 0 spiro atoms. The third kappa shape index (κ3) is 4.03. The first-order chi connectivity index (χ1) is 9.99. The van der Waals surface area contributed by atoms with Gasteiger partial charge >= 0.3 is 0 Å². The summed E-state index contributed by atoms with van der Waals surface area (Å²) in [6.45, 7) is 9.85. The highest BCUT2D eigenvalue weighted by Gasteiger charge is 2.31. The molecule has 1 aromatic rings. The number of nitrogens with zero attached hydrogens (tertiary/aromatic N) is 3. The Kier molecular flexibility index (Phi) is 5.33. The normalized spacial score (nSPS) is 19.5. The number of hydrogen-bond acceptors (Lipinski definition) is 5. The molecular weight excluding hydrogens is 268 g/mol. The zero-order valence-electron chi connectivity index (χ0n) is 13.4. The number of carbonyl (C=O) groups is 1. The summed E-state index contributed by atoms with van der Waals surface area (Å²) in [6.07, 6.45) is 3.62. The van der Waals surface area contributed by atoms with Crippen LogP contribution in [0.4, 0.5) is 0 Å². The SMILES string of the molecule is Cc1noc([C@H](C)NC(=O)[C@@H](C(C)C)N2CCCCC2)n1. The molecule has 6 heteroatoms. The van der Waals surface area contributed by atoms with Gasteiger partial charge in [-0.3, -0.25) is 9.69 Å². The van der Waals surface area contributed by atoms with Gasteiger partial charge in [-0.1, -0.05) is 25.4 Å². The Labute approximate surface area is 126 Å². The first kappa shape index (κ1) is 15.9. The van der Waals surface area contributed by atoms with Crippen molar-refractivity contribution < 1.29 is 9.32 Å². The fraction of sp³-hybridized carbons (Fsp3) is 0.800. The number of hydrogen-bond donors (Lipinski definition) is 1. The van der Waals surface area contributed by atoms with Gasteiger partial charge in [0.2, 0.25) is 11.8 Å². The number of likely N-dealkylation sites (tertiary alicyclic amines) is 1. The lowest BCUT2D eigenvalue weighted by Gasteiger charge is -2.36. The summed E-state index contributed by atoms with van der Waals surface area (Å²) in [5.41, 5.74) is 0. The van der Waals surface area contributed by atoms with Crippen LogP contribution in [0.15, 0.2) is 4.52 Å². The predicted octanol–water partition coefficient (Wildman–Crippen LogP) is 2.07. The molecule has 0 bridgehead atoms. The van der Waals surface area contributed by atoms with Gasteiger partial charge in [0, 0.05) is 0 Å². The lowest BCUT2D eigenvalue weighted by Crippen LogP contribution is -2.52. The fourth-order valence-electron chi connectivity index (χ4n) is 2.94. The molecule has 21 heavy (non-hydrogen) atoms. The number of piperidine rings is 1. The van der Waals surface area contributed by atoms with Gasteiger partial charge in [-0.05, 0) is 45.7 Å². The van der Waals surface area contributed by atoms with Crippen LogP contribution >= 0.6 is 0 Å². The predicted molar refractivity (Wildman–Crippen MR) is 79.6 cm³/mol. The van der Waals surface area contributed by atoms with Crippen molar-refractivity contribution in [2.24, 2.45) is 5.92 Å². The van der Waals surface area contributed by atoms with Crippen molar-refractivity contribution in [2.75, 3.05) is 13.1 Å². The Hall–Kier alpha value is -1.43. The van der Waals surface area contributed by atoms with E-state index in [0.29, 0.717) is 11.7 Å². The van der Waals surface area contributed by atoms with E-state index >= 15 is 0 Å². The third-order valence-corrected chi connectivity index (χ3v) is 3.96. The molecule has 0 aliphatic carbocycles. The van der Waals surface area contributed by atoms with E-state index in [0.717, 1.165) is 13.1 Å². The van der Waals surface area contributed by atoms with Crippen LogP contribution in [-0.4, -0.2) is 40.1 Å². The van der Waals surface area contributed by atoms with E-state index in [9.17, 15) is 4.79 Å². The lowest BCUT2D eigenvalue weighted by molar-refractivity contribution is -0.129. The summed E-state index contributed by atoms with van der Waals surface area (Å²) in [7, 11) is 0. The molecule has 118 valence electrons. The highest BCUT2D eigenvalue weighted by molar-refractivity contribution is 5.82. The first-order valence-corrected chi connectivity index (χ1v) is 7.83. The van der Waals surface area contributed by atoms with Crippen LogP contribution < -0.4 is 5.32 Å². The second-order valence-corrected chi connectivity index (χ2v) is 6.20. The van der Waals surface area contributed by atoms with E-state index in [1.807, 2.05) is 6.92 Å². The van der Waals surface area contributed by atoms with E-state index < -0.39 is 0 Å². The van der Waals surface area contributed by atoms with Gasteiger partial charge in [0.05, 0.1) is 6.04 Å². The molecular formula is C15H26N4O2. The molecule has 1 aliphatic heterocycles. The fourth-order valence-corrected chi connectivity index (χ4v) is 2.94. The van der Waals surface area contributed by atoms with Crippen molar-refractivity contribution >= 4 is 5.91 Å². The van der Waals surface area contributed by atoms with Crippen LogP contribution in [-0.2, 0) is 4.79 Å². The van der Waals surface area contributed by atoms with Crippen molar-refractivity contribution in [3.05, 3.63) is 11.7 Å². The zero-order chi connectivity index (χ0) is 15.4. The van der Waals surface area contributed by atoms with Crippen LogP contribution in [0.1, 0.15) is 57.8 Å². The minimum absolute atomic E-state index is 0.0512. The van der Waals surface area contributed by atoms with E-state index in [1.54, 1.807) is 6.92 Å². The van der Waals surface area contributed by atoms with Gasteiger partial charge in [0.1, 0.15) is 6.04 Å². The molecule has 0 radical (unpaired) electrons. The van der Waals surface area contributed by atoms with Gasteiger partial charge in [0.25, 0.3) is 0 Å². The van der Waals surface area contributed by atoms with Crippen molar-refractivity contribution in [1.29, 1.82) is 0 Å². The average molecular weight is 294 g/mol. The quantitative estimate of drug-likeness (QED) is 0.900. The average Bonchev–Trinajstić information content (AvgIpc) is 2.86. The zero-order valence-corrected chi connectivity index (χ0v) is 13.4. The minimum atomic E-state index is -0.259. The van der Waals surface area contributed by atoms with Gasteiger partial charge in [-0.2, -0.15) is 4.98 Å². The molecule has 1 fully saturated rings. The Morgan fingerprint density at radius 1 is 1.24 bits per heavy atom. The molecule has 1 aliphatic rings. The highest BCUT2D eigenvalue weighted by Crippen LogP contribution is 2.19. The Morgan fingerprint density at radius 2 is 1.90 bits per heavy atom. The van der Waals surface area contributed by atoms with E-state index in [-0.39, 0.29) is 23.9 Å². The molecule has 0 unspecified atom stereocenters. The second kappa shape index (κ2) is 7.02. The van der Waals surface area contributed by atoms with Gasteiger partial charge in [-0.15, -0.1) is 0 Å². The molecule has 1 saturated heterocycles. The molecule has 2 heterocycles. The number of nitrogens with one attached hydrogen (secondary N) is 1. The molecule has 1 aromatic heterocycles. The van der Waals surface area contributed by atoms with Gasteiger partial charge < -0.3 is 9.84 Å². The summed E-state index contributed by atoms with van der Waals surface area (Å²) >= 11 is 0. The van der Waals surface area contributed by atoms with Crippen LogP contribution in [0.5, 0.6) is 0 Å². The van der Waals surface area contributed by atoms with Crippen molar-refractivity contribution in [2.45, 2.75) is 59.0 Å². The standard InChI is InChI=1S/C15H26N4O2/c1-10(2)13(19-8-6-5-7-9-19)14(20)16-11(3)15-17-12(4)18-21-15/h10-11,13H,5-9H2,1-4H3,(H,16,20)/t11-,13+/m0/s1. The van der Waals surface area contributed by atoms with E-state index in [1.165, 1.54) is 19.3 Å². The molecule has 0 saturated carbocycles. The van der Waals surface area contributed by atoms with Crippen LogP contribution in [0.3, 0.4) is 0 Å². The maximum absolute atomic E-state index is 12.6. The number of aromatic nitrogens is 2. The van der Waals surface area contributed by atoms with E-state index in [4.69, 9.17) is 4.52 Å². The van der Waals surface area contributed by atoms with Gasteiger partial charge in [0.15, 0.2) is 5.82 Å². The topological polar surface area (TPSA) is 71.3 Å². The maximum atomic E-state index is 12.6. The number of rotatable bonds is 5. The minimum Gasteiger partial charge on any atom is -0.343 e. The Balaban J connectivity index is 2.01. The van der Waals surface area contributed by atoms with Crippen molar-refractivity contribution in [1.82, 2.24) is 20.4 Å². The Bertz CT molecular complexity index is 466. The molecule has 6 nitrogen and oxygen atoms in total. The third-order valence-electron chi connectivity index (χ3n) is 3.96. The van der Waals surface area contributed by atoms with Crippen molar-refractivity contribution in [3.63, 3.8) is 0 Å². The highest BCUT2D eigenvalue weighted by atomic mass is 16.5. The van der Waals surface area contributed by atoms with E-state index in [2.05, 4.69) is 34.2 Å². The molecule has 2 rings (SSSR count). The lowest BCUT2D eigenvalue weighted by atomic mass is 9.98. The van der Waals surface area contributed by atoms with Gasteiger partial charge in [-0.25, -0.2) is 0 Å². The monoisotopic (exact) mass is 294 g/mol. The summed E-state index contributed by atoms with van der Waals surface area (Å²) in [6, 6.07) is -0.346. The Morgan fingerprint density at radius 3 is 2.43 bits per heavy atom. The van der Waals surface area contributed by atoms with Crippen LogP contribution in [0.25, 0.3) is 0 Å². The number of amides is 1. The number of aryl methyl sites for hydroxylation is 1. The summed E-state index contributed by atoms with van der Waals surface area (Å²) < 4.78 is 5.12. The molecule has 1 amide bonds. The summed E-state index contributed by atoms with van der Waals surface area (Å²) in [4.78, 5) is 19.1. The second-order valence-electron chi connectivity index (χ2n) is 6.20. The van der Waals surface area contributed by atoms with Crippen LogP contribution in [0, 0.1) is 12.8 Å². The molecule has 1 N–H and O–H groups in total. The summed E-state index contributed by atoms with van der Waals surface area (Å²) in [5, 5.41) is 6.78. The maximum Gasteiger partial charge on any atom is 0.248 e. The first-order valence-electron chi connectivity index (χ1n) is 7.83. The number of carbonyl (C=O) groups excluding carboxylic acids is 1. The van der Waals surface area contributed by atoms with Crippen LogP contribution in [0.2, 0.25) is 0 Å². The largest absolute Gasteiger partial charge is 0.343 e. The van der Waals surface area contributed by atoms with Crippen molar-refractivity contribution in [3.8, 4) is 0 Å². The molecule has 0 aromatic carbocycles. The molecule has 2 atom stereocenters. The smallest absolute Gasteiger partial charge is 0.248 e.